The van der Waals surface area contributed by atoms with Gasteiger partial charge < -0.3 is 4.57 Å². The van der Waals surface area contributed by atoms with Crippen LogP contribution in [0.1, 0.15) is 27.8 Å². The Bertz CT molecular complexity index is 1010. The number of pyridine rings is 1. The van der Waals surface area contributed by atoms with Gasteiger partial charge >= 0.3 is 0 Å². The molecule has 3 heteroatoms. The summed E-state index contributed by atoms with van der Waals surface area (Å²) in [6.45, 7) is 2.55. The maximum atomic E-state index is 12.3. The Morgan fingerprint density at radius 3 is 2.36 bits per heavy atom. The summed E-state index contributed by atoms with van der Waals surface area (Å²) in [6.07, 6.45) is 5.76. The van der Waals surface area contributed by atoms with E-state index >= 15 is 0 Å². The molecule has 25 heavy (non-hydrogen) atoms. The standard InChI is InChI=1S/C22H18N2O/c1-17-3-2-4-18(13-17)5-6-19-11-12-24(22(25)14-19)16-21-9-7-20(15-23)8-10-21/h2-14H,16H2,1H3/b6-5+. The molecule has 1 heterocycles. The van der Waals surface area contributed by atoms with Crippen molar-refractivity contribution < 1.29 is 0 Å². The second-order valence-electron chi connectivity index (χ2n) is 5.98. The van der Waals surface area contributed by atoms with Crippen LogP contribution in [0.2, 0.25) is 0 Å². The van der Waals surface area contributed by atoms with E-state index in [1.165, 1.54) is 5.56 Å². The summed E-state index contributed by atoms with van der Waals surface area (Å²) in [5.74, 6) is 0. The summed E-state index contributed by atoms with van der Waals surface area (Å²) in [4.78, 5) is 12.3. The van der Waals surface area contributed by atoms with E-state index in [-0.39, 0.29) is 5.56 Å². The topological polar surface area (TPSA) is 45.8 Å². The van der Waals surface area contributed by atoms with E-state index in [0.29, 0.717) is 12.1 Å². The second-order valence-corrected chi connectivity index (χ2v) is 5.98. The van der Waals surface area contributed by atoms with Crippen LogP contribution in [0.4, 0.5) is 0 Å². The monoisotopic (exact) mass is 326 g/mol. The van der Waals surface area contributed by atoms with Crippen molar-refractivity contribution in [1.29, 1.82) is 5.26 Å². The maximum absolute atomic E-state index is 12.3. The summed E-state index contributed by atoms with van der Waals surface area (Å²) < 4.78 is 1.66. The van der Waals surface area contributed by atoms with Crippen molar-refractivity contribution in [2.75, 3.05) is 0 Å². The molecule has 0 N–H and O–H groups in total. The minimum absolute atomic E-state index is 0.0456. The normalized spacial score (nSPS) is 10.7. The molecule has 1 aromatic heterocycles. The van der Waals surface area contributed by atoms with E-state index in [4.69, 9.17) is 5.26 Å². The fraction of sp³-hybridized carbons (Fsp3) is 0.0909. The Kier molecular flexibility index (Phi) is 4.92. The van der Waals surface area contributed by atoms with Gasteiger partial charge in [0.2, 0.25) is 0 Å². The van der Waals surface area contributed by atoms with Gasteiger partial charge in [0.15, 0.2) is 0 Å². The van der Waals surface area contributed by atoms with E-state index in [1.54, 1.807) is 29.0 Å². The average molecular weight is 326 g/mol. The molecule has 0 fully saturated rings. The predicted octanol–water partition coefficient (Wildman–Crippen LogP) is 4.25. The van der Waals surface area contributed by atoms with Crippen LogP contribution in [-0.2, 0) is 6.54 Å². The molecular weight excluding hydrogens is 308 g/mol. The largest absolute Gasteiger partial charge is 0.311 e. The van der Waals surface area contributed by atoms with Crippen molar-refractivity contribution in [2.24, 2.45) is 0 Å². The van der Waals surface area contributed by atoms with Crippen molar-refractivity contribution in [3.05, 3.63) is 105 Å². The Hall–Kier alpha value is -3.38. The van der Waals surface area contributed by atoms with Crippen LogP contribution in [-0.4, -0.2) is 4.57 Å². The molecule has 0 saturated carbocycles. The van der Waals surface area contributed by atoms with Crippen molar-refractivity contribution in [1.82, 2.24) is 4.57 Å². The molecule has 3 rings (SSSR count). The molecule has 0 atom stereocenters. The Morgan fingerprint density at radius 1 is 1.00 bits per heavy atom. The molecule has 3 nitrogen and oxygen atoms in total. The Morgan fingerprint density at radius 2 is 1.72 bits per heavy atom. The van der Waals surface area contributed by atoms with Gasteiger partial charge in [-0.2, -0.15) is 5.26 Å². The second kappa shape index (κ2) is 7.46. The molecule has 122 valence electrons. The van der Waals surface area contributed by atoms with Crippen molar-refractivity contribution in [3.63, 3.8) is 0 Å². The van der Waals surface area contributed by atoms with Gasteiger partial charge in [-0.1, -0.05) is 54.1 Å². The quantitative estimate of drug-likeness (QED) is 0.719. The average Bonchev–Trinajstić information content (AvgIpc) is 2.63. The third-order valence-electron chi connectivity index (χ3n) is 3.97. The number of rotatable bonds is 4. The first-order valence-electron chi connectivity index (χ1n) is 8.08. The molecule has 0 aliphatic carbocycles. The van der Waals surface area contributed by atoms with Gasteiger partial charge in [-0.05, 0) is 41.8 Å². The van der Waals surface area contributed by atoms with Gasteiger partial charge in [-0.25, -0.2) is 0 Å². The summed E-state index contributed by atoms with van der Waals surface area (Å²) in [7, 11) is 0. The van der Waals surface area contributed by atoms with E-state index in [0.717, 1.165) is 16.7 Å². The fourth-order valence-corrected chi connectivity index (χ4v) is 2.61. The zero-order chi connectivity index (χ0) is 17.6. The lowest BCUT2D eigenvalue weighted by Crippen LogP contribution is -2.19. The van der Waals surface area contributed by atoms with Gasteiger partial charge in [0, 0.05) is 12.3 Å². The van der Waals surface area contributed by atoms with Crippen LogP contribution in [0.15, 0.2) is 71.7 Å². The van der Waals surface area contributed by atoms with Gasteiger partial charge in [0.05, 0.1) is 18.2 Å². The fourth-order valence-electron chi connectivity index (χ4n) is 2.61. The smallest absolute Gasteiger partial charge is 0.251 e. The number of aromatic nitrogens is 1. The lowest BCUT2D eigenvalue weighted by Gasteiger charge is -2.06. The Labute approximate surface area is 147 Å². The van der Waals surface area contributed by atoms with Gasteiger partial charge in [0.1, 0.15) is 0 Å². The van der Waals surface area contributed by atoms with Crippen molar-refractivity contribution >= 4 is 12.2 Å². The van der Waals surface area contributed by atoms with Crippen molar-refractivity contribution in [3.8, 4) is 6.07 Å². The van der Waals surface area contributed by atoms with Crippen LogP contribution in [0.3, 0.4) is 0 Å². The first-order chi connectivity index (χ1) is 12.1. The van der Waals surface area contributed by atoms with Crippen LogP contribution < -0.4 is 5.56 Å². The molecule has 0 aliphatic rings. The van der Waals surface area contributed by atoms with Gasteiger partial charge in [0.25, 0.3) is 5.56 Å². The molecule has 0 unspecified atom stereocenters. The van der Waals surface area contributed by atoms with E-state index in [1.807, 2.05) is 42.5 Å². The number of nitriles is 1. The van der Waals surface area contributed by atoms with Crippen LogP contribution in [0, 0.1) is 18.3 Å². The first kappa shape index (κ1) is 16.5. The third kappa shape index (κ3) is 4.33. The minimum atomic E-state index is -0.0456. The number of nitrogens with zero attached hydrogens (tertiary/aromatic N) is 2. The highest BCUT2D eigenvalue weighted by atomic mass is 16.1. The highest BCUT2D eigenvalue weighted by Crippen LogP contribution is 2.10. The first-order valence-corrected chi connectivity index (χ1v) is 8.08. The number of benzene rings is 2. The van der Waals surface area contributed by atoms with E-state index < -0.39 is 0 Å². The molecule has 0 spiro atoms. The summed E-state index contributed by atoms with van der Waals surface area (Å²) in [5, 5.41) is 8.83. The zero-order valence-corrected chi connectivity index (χ0v) is 14.0. The number of hydrogen-bond donors (Lipinski definition) is 0. The minimum Gasteiger partial charge on any atom is -0.311 e. The molecular formula is C22H18N2O. The summed E-state index contributed by atoms with van der Waals surface area (Å²) >= 11 is 0. The lowest BCUT2D eigenvalue weighted by atomic mass is 10.1. The summed E-state index contributed by atoms with van der Waals surface area (Å²) in [5.41, 5.74) is 4.76. The molecule has 0 radical (unpaired) electrons. The van der Waals surface area contributed by atoms with Gasteiger partial charge in [-0.3, -0.25) is 4.79 Å². The number of aryl methyl sites for hydroxylation is 1. The van der Waals surface area contributed by atoms with E-state index in [9.17, 15) is 4.79 Å². The molecule has 2 aromatic carbocycles. The molecule has 0 bridgehead atoms. The molecule has 3 aromatic rings. The SMILES string of the molecule is Cc1cccc(/C=C/c2ccn(Cc3ccc(C#N)cc3)c(=O)c2)c1. The predicted molar refractivity (Wildman–Crippen MR) is 101 cm³/mol. The lowest BCUT2D eigenvalue weighted by molar-refractivity contribution is 0.759. The number of hydrogen-bond acceptors (Lipinski definition) is 2. The van der Waals surface area contributed by atoms with E-state index in [2.05, 4.69) is 25.1 Å². The molecule has 0 saturated heterocycles. The van der Waals surface area contributed by atoms with Gasteiger partial charge in [-0.15, -0.1) is 0 Å². The van der Waals surface area contributed by atoms with Crippen LogP contribution >= 0.6 is 0 Å². The zero-order valence-electron chi connectivity index (χ0n) is 14.0. The van der Waals surface area contributed by atoms with Crippen LogP contribution in [0.5, 0.6) is 0 Å². The molecule has 0 amide bonds. The summed E-state index contributed by atoms with van der Waals surface area (Å²) in [6, 6.07) is 21.1. The van der Waals surface area contributed by atoms with Crippen LogP contribution in [0.25, 0.3) is 12.2 Å². The Balaban J connectivity index is 1.76. The maximum Gasteiger partial charge on any atom is 0.251 e. The highest BCUT2D eigenvalue weighted by Gasteiger charge is 2.00. The molecule has 0 aliphatic heterocycles. The van der Waals surface area contributed by atoms with Crippen molar-refractivity contribution in [2.45, 2.75) is 13.5 Å². The third-order valence-corrected chi connectivity index (χ3v) is 3.97. The highest BCUT2D eigenvalue weighted by molar-refractivity contribution is 5.69.